The van der Waals surface area contributed by atoms with Gasteiger partial charge < -0.3 is 24.6 Å². The van der Waals surface area contributed by atoms with Crippen molar-refractivity contribution in [2.75, 3.05) is 57.9 Å². The summed E-state index contributed by atoms with van der Waals surface area (Å²) < 4.78 is 15.1. The summed E-state index contributed by atoms with van der Waals surface area (Å²) in [5.74, 6) is 0.825. The van der Waals surface area contributed by atoms with Crippen LogP contribution in [0.1, 0.15) is 37.9 Å². The molecule has 2 fully saturated rings. The number of amides is 2. The van der Waals surface area contributed by atoms with Crippen LogP contribution in [0.3, 0.4) is 0 Å². The molecule has 0 bridgehead atoms. The van der Waals surface area contributed by atoms with Crippen molar-refractivity contribution in [1.29, 1.82) is 0 Å². The summed E-state index contributed by atoms with van der Waals surface area (Å²) in [4.78, 5) is 33.3. The first kappa shape index (κ1) is 21.9. The summed E-state index contributed by atoms with van der Waals surface area (Å²) in [6.07, 6.45) is 4.54. The van der Waals surface area contributed by atoms with Crippen LogP contribution < -0.4 is 10.2 Å². The van der Waals surface area contributed by atoms with Gasteiger partial charge in [-0.3, -0.25) is 9.59 Å². The van der Waals surface area contributed by atoms with Gasteiger partial charge in [0.2, 0.25) is 16.9 Å². The molecule has 3 rings (SSSR count). The summed E-state index contributed by atoms with van der Waals surface area (Å²) >= 11 is 1.35. The summed E-state index contributed by atoms with van der Waals surface area (Å²) in [5.41, 5.74) is 0. The average Bonchev–Trinajstić information content (AvgIpc) is 3.41. The fraction of sp³-hybridized carbons (Fsp3) is 0.789. The molecule has 2 aliphatic rings. The highest BCUT2D eigenvalue weighted by Crippen LogP contribution is 2.19. The van der Waals surface area contributed by atoms with Crippen molar-refractivity contribution in [3.63, 3.8) is 0 Å². The number of aromatic nitrogens is 2. The van der Waals surface area contributed by atoms with Crippen LogP contribution in [0.4, 0.5) is 5.13 Å². The van der Waals surface area contributed by atoms with Crippen LogP contribution in [-0.4, -0.2) is 85.2 Å². The highest BCUT2D eigenvalue weighted by molar-refractivity contribution is 7.09. The normalized spacial score (nSPS) is 21.3. The zero-order chi connectivity index (χ0) is 20.5. The van der Waals surface area contributed by atoms with E-state index in [-0.39, 0.29) is 17.9 Å². The molecule has 0 aromatic carbocycles. The van der Waals surface area contributed by atoms with E-state index in [1.54, 1.807) is 12.0 Å². The molecule has 2 aliphatic heterocycles. The minimum atomic E-state index is -0.0261. The summed E-state index contributed by atoms with van der Waals surface area (Å²) in [6.45, 7) is 4.26. The highest BCUT2D eigenvalue weighted by Gasteiger charge is 2.22. The molecule has 1 unspecified atom stereocenters. The molecule has 1 aromatic heterocycles. The first-order chi connectivity index (χ1) is 14.2. The van der Waals surface area contributed by atoms with Crippen LogP contribution in [0.15, 0.2) is 0 Å². The van der Waals surface area contributed by atoms with Crippen molar-refractivity contribution in [1.82, 2.24) is 19.6 Å². The summed E-state index contributed by atoms with van der Waals surface area (Å²) in [5, 5.41) is 3.74. The maximum Gasteiger partial charge on any atom is 0.222 e. The lowest BCUT2D eigenvalue weighted by Gasteiger charge is -2.29. The first-order valence-corrected chi connectivity index (χ1v) is 11.2. The third kappa shape index (κ3) is 6.90. The number of nitrogens with one attached hydrogen (secondary N) is 1. The lowest BCUT2D eigenvalue weighted by Crippen LogP contribution is -2.45. The molecule has 1 N–H and O–H groups in total. The Kier molecular flexibility index (Phi) is 8.63. The minimum absolute atomic E-state index is 0.0261. The fourth-order valence-corrected chi connectivity index (χ4v) is 4.31. The number of anilines is 1. The second kappa shape index (κ2) is 11.4. The number of hydrogen-bond acceptors (Lipinski definition) is 8. The van der Waals surface area contributed by atoms with Gasteiger partial charge in [0.1, 0.15) is 5.82 Å². The molecule has 2 amide bonds. The molecule has 0 saturated carbocycles. The van der Waals surface area contributed by atoms with Crippen LogP contribution in [0.5, 0.6) is 0 Å². The lowest BCUT2D eigenvalue weighted by molar-refractivity contribution is -0.132. The smallest absolute Gasteiger partial charge is 0.222 e. The Morgan fingerprint density at radius 2 is 2.24 bits per heavy atom. The largest absolute Gasteiger partial charge is 0.384 e. The molecule has 2 saturated heterocycles. The van der Waals surface area contributed by atoms with Crippen LogP contribution in [-0.2, 0) is 25.5 Å². The first-order valence-electron chi connectivity index (χ1n) is 10.4. The molecular formula is C19H31N5O4S. The maximum absolute atomic E-state index is 12.8. The third-order valence-corrected chi connectivity index (χ3v) is 6.08. The van der Waals surface area contributed by atoms with Crippen LogP contribution in [0.25, 0.3) is 0 Å². The van der Waals surface area contributed by atoms with E-state index in [0.717, 1.165) is 36.8 Å². The predicted molar refractivity (Wildman–Crippen MR) is 110 cm³/mol. The Labute approximate surface area is 175 Å². The van der Waals surface area contributed by atoms with Crippen molar-refractivity contribution in [2.45, 2.75) is 44.6 Å². The maximum atomic E-state index is 12.8. The van der Waals surface area contributed by atoms with Gasteiger partial charge in [0, 0.05) is 77.2 Å². The summed E-state index contributed by atoms with van der Waals surface area (Å²) in [7, 11) is 1.66. The second-order valence-corrected chi connectivity index (χ2v) is 8.11. The van der Waals surface area contributed by atoms with Gasteiger partial charge in [-0.2, -0.15) is 4.37 Å². The van der Waals surface area contributed by atoms with Crippen LogP contribution >= 0.6 is 11.5 Å². The number of nitrogens with zero attached hydrogens (tertiary/aromatic N) is 4. The molecule has 29 heavy (non-hydrogen) atoms. The quantitative estimate of drug-likeness (QED) is 0.691. The van der Waals surface area contributed by atoms with Crippen LogP contribution in [0.2, 0.25) is 0 Å². The standard InChI is InChI=1S/C19H31N5O4S/c1-27-14-7-16-21-19(29-22-16)24-10-8-20-17(25)6-9-23(11-12-24)18(26)5-4-15-3-2-13-28-15/h15H,2-14H2,1H3,(H,20,25). The van der Waals surface area contributed by atoms with Gasteiger partial charge in [0.05, 0.1) is 12.7 Å². The SMILES string of the molecule is COCCc1nsc(N2CCNC(=O)CCN(C(=O)CCC3CCCO3)CC2)n1. The van der Waals surface area contributed by atoms with E-state index in [4.69, 9.17) is 9.47 Å². The van der Waals surface area contributed by atoms with Gasteiger partial charge in [-0.05, 0) is 19.3 Å². The van der Waals surface area contributed by atoms with E-state index >= 15 is 0 Å². The van der Waals surface area contributed by atoms with Gasteiger partial charge >= 0.3 is 0 Å². The van der Waals surface area contributed by atoms with Crippen molar-refractivity contribution < 1.29 is 19.1 Å². The summed E-state index contributed by atoms with van der Waals surface area (Å²) in [6, 6.07) is 0. The Balaban J connectivity index is 1.59. The molecule has 162 valence electrons. The van der Waals surface area contributed by atoms with Gasteiger partial charge in [-0.1, -0.05) is 0 Å². The van der Waals surface area contributed by atoms with Crippen molar-refractivity contribution in [3.8, 4) is 0 Å². The fourth-order valence-electron chi connectivity index (χ4n) is 3.54. The number of carbonyl (C=O) groups excluding carboxylic acids is 2. The third-order valence-electron chi connectivity index (χ3n) is 5.27. The van der Waals surface area contributed by atoms with Gasteiger partial charge in [-0.25, -0.2) is 4.98 Å². The Morgan fingerprint density at radius 3 is 3.03 bits per heavy atom. The molecule has 9 nitrogen and oxygen atoms in total. The number of carbonyl (C=O) groups is 2. The van der Waals surface area contributed by atoms with E-state index in [1.165, 1.54) is 11.5 Å². The predicted octanol–water partition coefficient (Wildman–Crippen LogP) is 0.841. The van der Waals surface area contributed by atoms with E-state index < -0.39 is 0 Å². The number of rotatable bonds is 7. The molecular weight excluding hydrogens is 394 g/mol. The minimum Gasteiger partial charge on any atom is -0.384 e. The monoisotopic (exact) mass is 425 g/mol. The Bertz CT molecular complexity index is 665. The lowest BCUT2D eigenvalue weighted by atomic mass is 10.1. The zero-order valence-electron chi connectivity index (χ0n) is 17.1. The van der Waals surface area contributed by atoms with Crippen molar-refractivity contribution in [2.24, 2.45) is 0 Å². The van der Waals surface area contributed by atoms with E-state index in [1.807, 2.05) is 0 Å². The van der Waals surface area contributed by atoms with Gasteiger partial charge in [0.15, 0.2) is 0 Å². The van der Waals surface area contributed by atoms with Gasteiger partial charge in [0.25, 0.3) is 0 Å². The molecule has 0 radical (unpaired) electrons. The average molecular weight is 426 g/mol. The van der Waals surface area contributed by atoms with E-state index in [9.17, 15) is 9.59 Å². The van der Waals surface area contributed by atoms with E-state index in [0.29, 0.717) is 58.6 Å². The molecule has 0 spiro atoms. The van der Waals surface area contributed by atoms with E-state index in [2.05, 4.69) is 19.6 Å². The Morgan fingerprint density at radius 1 is 1.34 bits per heavy atom. The zero-order valence-corrected chi connectivity index (χ0v) is 17.9. The number of ether oxygens (including phenoxy) is 2. The number of hydrogen-bond donors (Lipinski definition) is 1. The van der Waals surface area contributed by atoms with Crippen molar-refractivity contribution >= 4 is 28.5 Å². The topological polar surface area (TPSA) is 96.9 Å². The molecule has 10 heteroatoms. The van der Waals surface area contributed by atoms with Crippen molar-refractivity contribution in [3.05, 3.63) is 5.82 Å². The molecule has 0 aliphatic carbocycles. The number of methoxy groups -OCH3 is 1. The highest BCUT2D eigenvalue weighted by atomic mass is 32.1. The van der Waals surface area contributed by atoms with Crippen LogP contribution in [0, 0.1) is 0 Å². The molecule has 1 atom stereocenters. The molecule has 3 heterocycles. The molecule has 1 aromatic rings. The van der Waals surface area contributed by atoms with Gasteiger partial charge in [-0.15, -0.1) is 0 Å². The second-order valence-electron chi connectivity index (χ2n) is 7.38. The Hall–Kier alpha value is -1.78.